The third kappa shape index (κ3) is 3.03. The van der Waals surface area contributed by atoms with E-state index in [1.54, 1.807) is 32.8 Å². The molecule has 0 spiro atoms. The predicted octanol–water partition coefficient (Wildman–Crippen LogP) is 2.84. The fraction of sp³-hybridized carbons (Fsp3) is 0.222. The van der Waals surface area contributed by atoms with E-state index in [4.69, 9.17) is 9.47 Å². The fourth-order valence-electron chi connectivity index (χ4n) is 2.55. The Bertz CT molecular complexity index is 873. The topological polar surface area (TPSA) is 64.9 Å². The summed E-state index contributed by atoms with van der Waals surface area (Å²) in [7, 11) is 3.18. The van der Waals surface area contributed by atoms with Crippen LogP contribution < -0.4 is 14.8 Å². The minimum absolute atomic E-state index is 0.138. The van der Waals surface area contributed by atoms with Crippen molar-refractivity contribution in [1.29, 1.82) is 0 Å². The van der Waals surface area contributed by atoms with Gasteiger partial charge in [0.15, 0.2) is 11.5 Å². The second-order valence-corrected chi connectivity index (χ2v) is 5.45. The summed E-state index contributed by atoms with van der Waals surface area (Å²) in [6, 6.07) is 9.01. The number of hydrogen-bond acceptors (Lipinski definition) is 4. The summed E-state index contributed by atoms with van der Waals surface area (Å²) in [5.74, 6) is 1.16. The van der Waals surface area contributed by atoms with Gasteiger partial charge in [-0.2, -0.15) is 0 Å². The number of ether oxygens (including phenoxy) is 2. The van der Waals surface area contributed by atoms with Crippen LogP contribution in [0.3, 0.4) is 0 Å². The first kappa shape index (κ1) is 15.9. The van der Waals surface area contributed by atoms with Gasteiger partial charge in [0.1, 0.15) is 0 Å². The molecule has 0 saturated heterocycles. The zero-order valence-electron chi connectivity index (χ0n) is 13.8. The Kier molecular flexibility index (Phi) is 4.37. The summed E-state index contributed by atoms with van der Waals surface area (Å²) in [5, 5.41) is 2.99. The van der Waals surface area contributed by atoms with Crippen molar-refractivity contribution in [3.05, 3.63) is 60.2 Å². The number of imidazole rings is 1. The van der Waals surface area contributed by atoms with Crippen LogP contribution in [-0.2, 0) is 0 Å². The van der Waals surface area contributed by atoms with Crippen molar-refractivity contribution in [3.8, 4) is 11.5 Å². The van der Waals surface area contributed by atoms with Crippen molar-refractivity contribution in [2.75, 3.05) is 14.2 Å². The van der Waals surface area contributed by atoms with Crippen molar-refractivity contribution < 1.29 is 14.3 Å². The van der Waals surface area contributed by atoms with Crippen LogP contribution in [0, 0.1) is 0 Å². The normalized spacial score (nSPS) is 12.0. The Morgan fingerprint density at radius 2 is 1.96 bits per heavy atom. The first-order valence-electron chi connectivity index (χ1n) is 7.57. The van der Waals surface area contributed by atoms with E-state index in [1.807, 2.05) is 41.8 Å². The highest BCUT2D eigenvalue weighted by Gasteiger charge is 2.14. The second-order valence-electron chi connectivity index (χ2n) is 5.45. The predicted molar refractivity (Wildman–Crippen MR) is 90.6 cm³/mol. The third-order valence-electron chi connectivity index (χ3n) is 3.93. The van der Waals surface area contributed by atoms with Crippen molar-refractivity contribution in [2.45, 2.75) is 13.0 Å². The first-order valence-corrected chi connectivity index (χ1v) is 7.57. The lowest BCUT2D eigenvalue weighted by Crippen LogP contribution is -2.26. The molecule has 124 valence electrons. The molecule has 1 unspecified atom stereocenters. The van der Waals surface area contributed by atoms with Crippen LogP contribution >= 0.6 is 0 Å². The van der Waals surface area contributed by atoms with Crippen molar-refractivity contribution in [3.63, 3.8) is 0 Å². The molecule has 1 N–H and O–H groups in total. The molecule has 3 rings (SSSR count). The molecular weight excluding hydrogens is 306 g/mol. The average Bonchev–Trinajstić information content (AvgIpc) is 3.08. The largest absolute Gasteiger partial charge is 0.493 e. The molecule has 0 aliphatic carbocycles. The number of amides is 1. The number of fused-ring (bicyclic) bond motifs is 1. The maximum Gasteiger partial charge on any atom is 0.251 e. The molecule has 2 aromatic heterocycles. The van der Waals surface area contributed by atoms with Crippen LogP contribution in [0.2, 0.25) is 0 Å². The van der Waals surface area contributed by atoms with Crippen molar-refractivity contribution >= 4 is 11.4 Å². The fourth-order valence-corrected chi connectivity index (χ4v) is 2.55. The maximum atomic E-state index is 12.5. The molecule has 1 aromatic carbocycles. The Hall–Kier alpha value is -3.02. The van der Waals surface area contributed by atoms with E-state index < -0.39 is 0 Å². The Labute approximate surface area is 140 Å². The zero-order chi connectivity index (χ0) is 17.1. The molecule has 1 amide bonds. The number of benzene rings is 1. The van der Waals surface area contributed by atoms with E-state index >= 15 is 0 Å². The van der Waals surface area contributed by atoms with E-state index in [1.165, 1.54) is 0 Å². The van der Waals surface area contributed by atoms with Gasteiger partial charge in [0.25, 0.3) is 5.91 Å². The second kappa shape index (κ2) is 6.62. The Morgan fingerprint density at radius 1 is 1.17 bits per heavy atom. The number of methoxy groups -OCH3 is 2. The van der Waals surface area contributed by atoms with Crippen LogP contribution in [0.15, 0.2) is 49.1 Å². The molecular formula is C18H19N3O3. The van der Waals surface area contributed by atoms with Crippen molar-refractivity contribution in [2.24, 2.45) is 0 Å². The molecule has 0 saturated carbocycles. The minimum Gasteiger partial charge on any atom is -0.493 e. The number of pyridine rings is 1. The first-order chi connectivity index (χ1) is 11.6. The van der Waals surface area contributed by atoms with Gasteiger partial charge in [0, 0.05) is 11.8 Å². The number of carbonyl (C=O) groups excluding carboxylic acids is 1. The molecule has 0 bridgehead atoms. The van der Waals surface area contributed by atoms with Gasteiger partial charge in [-0.05, 0) is 36.8 Å². The third-order valence-corrected chi connectivity index (χ3v) is 3.93. The van der Waals surface area contributed by atoms with Gasteiger partial charge < -0.3 is 19.2 Å². The highest BCUT2D eigenvalue weighted by atomic mass is 16.5. The molecule has 6 heteroatoms. The van der Waals surface area contributed by atoms with Crippen LogP contribution in [0.1, 0.15) is 28.9 Å². The summed E-state index contributed by atoms with van der Waals surface area (Å²) < 4.78 is 12.4. The molecule has 24 heavy (non-hydrogen) atoms. The number of rotatable bonds is 5. The average molecular weight is 325 g/mol. The number of nitrogens with zero attached hydrogens (tertiary/aromatic N) is 2. The molecule has 6 nitrogen and oxygen atoms in total. The quantitative estimate of drug-likeness (QED) is 0.783. The highest BCUT2D eigenvalue weighted by molar-refractivity contribution is 5.95. The highest BCUT2D eigenvalue weighted by Crippen LogP contribution is 2.29. The molecule has 0 aliphatic heterocycles. The summed E-state index contributed by atoms with van der Waals surface area (Å²) >= 11 is 0. The van der Waals surface area contributed by atoms with Crippen LogP contribution in [-0.4, -0.2) is 29.5 Å². The maximum absolute atomic E-state index is 12.5. The van der Waals surface area contributed by atoms with E-state index in [0.717, 1.165) is 11.1 Å². The summed E-state index contributed by atoms with van der Waals surface area (Å²) in [6.45, 7) is 1.93. The molecule has 0 fully saturated rings. The molecule has 1 atom stereocenters. The zero-order valence-corrected chi connectivity index (χ0v) is 13.8. The molecule has 3 aromatic rings. The van der Waals surface area contributed by atoms with Crippen LogP contribution in [0.5, 0.6) is 11.5 Å². The molecule has 2 heterocycles. The minimum atomic E-state index is -0.168. The number of nitrogens with one attached hydrogen (secondary N) is 1. The number of aromatic nitrogens is 2. The monoisotopic (exact) mass is 325 g/mol. The standard InChI is InChI=1S/C18H19N3O3/c1-12(13-4-5-16(23-2)17(9-13)24-3)20-18(22)14-6-7-21-11-19-10-15(21)8-14/h4-12H,1-3H3,(H,20,22). The molecule has 0 radical (unpaired) electrons. The van der Waals surface area contributed by atoms with E-state index in [9.17, 15) is 4.79 Å². The Morgan fingerprint density at radius 3 is 2.71 bits per heavy atom. The molecule has 0 aliphatic rings. The number of carbonyl (C=O) groups is 1. The van der Waals surface area contributed by atoms with E-state index in [-0.39, 0.29) is 11.9 Å². The summed E-state index contributed by atoms with van der Waals surface area (Å²) in [5.41, 5.74) is 2.41. The lowest BCUT2D eigenvalue weighted by atomic mass is 10.1. The smallest absolute Gasteiger partial charge is 0.251 e. The van der Waals surface area contributed by atoms with Gasteiger partial charge in [-0.25, -0.2) is 4.98 Å². The van der Waals surface area contributed by atoms with Gasteiger partial charge in [-0.15, -0.1) is 0 Å². The summed E-state index contributed by atoms with van der Waals surface area (Å²) in [4.78, 5) is 16.5. The van der Waals surface area contributed by atoms with Gasteiger partial charge in [-0.3, -0.25) is 4.79 Å². The SMILES string of the molecule is COc1ccc(C(C)NC(=O)c2ccn3cncc3c2)cc1OC. The van der Waals surface area contributed by atoms with Gasteiger partial charge >= 0.3 is 0 Å². The van der Waals surface area contributed by atoms with Gasteiger partial charge in [0.05, 0.1) is 38.3 Å². The Balaban J connectivity index is 1.78. The number of hydrogen-bond donors (Lipinski definition) is 1. The van der Waals surface area contributed by atoms with E-state index in [0.29, 0.717) is 17.1 Å². The summed E-state index contributed by atoms with van der Waals surface area (Å²) in [6.07, 6.45) is 5.23. The van der Waals surface area contributed by atoms with Crippen LogP contribution in [0.4, 0.5) is 0 Å². The van der Waals surface area contributed by atoms with Crippen LogP contribution in [0.25, 0.3) is 5.52 Å². The van der Waals surface area contributed by atoms with Gasteiger partial charge in [0.2, 0.25) is 0 Å². The van der Waals surface area contributed by atoms with Gasteiger partial charge in [-0.1, -0.05) is 6.07 Å². The van der Waals surface area contributed by atoms with Crippen molar-refractivity contribution in [1.82, 2.24) is 14.7 Å². The lowest BCUT2D eigenvalue weighted by molar-refractivity contribution is 0.0940. The van der Waals surface area contributed by atoms with E-state index in [2.05, 4.69) is 10.3 Å². The lowest BCUT2D eigenvalue weighted by Gasteiger charge is -2.16.